The third kappa shape index (κ3) is 3.66. The Balaban J connectivity index is 1.66. The third-order valence-corrected chi connectivity index (χ3v) is 4.97. The lowest BCUT2D eigenvalue weighted by atomic mass is 10.2. The van der Waals surface area contributed by atoms with E-state index in [1.54, 1.807) is 6.26 Å². The summed E-state index contributed by atoms with van der Waals surface area (Å²) in [6.07, 6.45) is 3.47. The fourth-order valence-corrected chi connectivity index (χ4v) is 3.55. The number of benzene rings is 1. The molecule has 0 unspecified atom stereocenters. The predicted molar refractivity (Wildman–Crippen MR) is 102 cm³/mol. The van der Waals surface area contributed by atoms with Crippen molar-refractivity contribution in [1.82, 2.24) is 24.9 Å². The Kier molecular flexibility index (Phi) is 5.06. The molecule has 3 heterocycles. The molecule has 27 heavy (non-hydrogen) atoms. The van der Waals surface area contributed by atoms with E-state index in [0.29, 0.717) is 11.6 Å². The number of nitrogens with zero attached hydrogens (tertiary/aromatic N) is 5. The molecule has 0 spiro atoms. The van der Waals surface area contributed by atoms with Gasteiger partial charge < -0.3 is 8.94 Å². The normalized spacial score (nSPS) is 11.2. The van der Waals surface area contributed by atoms with Gasteiger partial charge in [-0.15, -0.1) is 10.2 Å². The summed E-state index contributed by atoms with van der Waals surface area (Å²) in [6, 6.07) is 11.9. The fourth-order valence-electron chi connectivity index (χ4n) is 2.76. The highest BCUT2D eigenvalue weighted by Gasteiger charge is 2.19. The molecule has 138 valence electrons. The molecule has 0 fully saturated rings. The molecule has 0 saturated carbocycles. The second-order valence-electron chi connectivity index (χ2n) is 6.01. The summed E-state index contributed by atoms with van der Waals surface area (Å²) in [5, 5.41) is 13.6. The first-order chi connectivity index (χ1) is 13.3. The summed E-state index contributed by atoms with van der Waals surface area (Å²) in [7, 11) is 0. The Hall–Kier alpha value is -2.87. The van der Waals surface area contributed by atoms with Crippen molar-refractivity contribution in [3.8, 4) is 17.1 Å². The summed E-state index contributed by atoms with van der Waals surface area (Å²) in [4.78, 5) is 4.42. The molecule has 0 N–H and O–H groups in total. The van der Waals surface area contributed by atoms with Gasteiger partial charge in [0.15, 0.2) is 16.8 Å². The Morgan fingerprint density at radius 1 is 1.11 bits per heavy atom. The molecule has 3 aromatic heterocycles. The molecule has 0 radical (unpaired) electrons. The second-order valence-corrected chi connectivity index (χ2v) is 6.95. The van der Waals surface area contributed by atoms with Gasteiger partial charge in [-0.2, -0.15) is 4.98 Å². The zero-order chi connectivity index (χ0) is 18.6. The number of aromatic nitrogens is 5. The van der Waals surface area contributed by atoms with Crippen molar-refractivity contribution in [2.45, 2.75) is 37.6 Å². The smallest absolute Gasteiger partial charge is 0.237 e. The van der Waals surface area contributed by atoms with Crippen LogP contribution in [0.5, 0.6) is 0 Å². The van der Waals surface area contributed by atoms with Crippen LogP contribution in [0.1, 0.15) is 30.8 Å². The second kappa shape index (κ2) is 7.79. The van der Waals surface area contributed by atoms with Gasteiger partial charge in [0.1, 0.15) is 5.76 Å². The molecule has 1 aromatic carbocycles. The Bertz CT molecular complexity index is 1020. The summed E-state index contributed by atoms with van der Waals surface area (Å²) in [5.41, 5.74) is 1.90. The summed E-state index contributed by atoms with van der Waals surface area (Å²) < 4.78 is 12.8. The van der Waals surface area contributed by atoms with Gasteiger partial charge in [0.25, 0.3) is 0 Å². The fraction of sp³-hybridized carbons (Fsp3) is 0.263. The van der Waals surface area contributed by atoms with Crippen molar-refractivity contribution in [3.63, 3.8) is 0 Å². The Labute approximate surface area is 160 Å². The van der Waals surface area contributed by atoms with Crippen molar-refractivity contribution in [1.29, 1.82) is 0 Å². The third-order valence-electron chi connectivity index (χ3n) is 4.06. The van der Waals surface area contributed by atoms with E-state index < -0.39 is 0 Å². The molecule has 4 rings (SSSR count). The Morgan fingerprint density at radius 3 is 2.70 bits per heavy atom. The lowest BCUT2D eigenvalue weighted by Crippen LogP contribution is -1.99. The van der Waals surface area contributed by atoms with Gasteiger partial charge in [-0.3, -0.25) is 4.57 Å². The van der Waals surface area contributed by atoms with E-state index in [1.165, 1.54) is 11.8 Å². The lowest BCUT2D eigenvalue weighted by Gasteiger charge is -2.09. The van der Waals surface area contributed by atoms with Crippen molar-refractivity contribution < 1.29 is 8.94 Å². The van der Waals surface area contributed by atoms with Crippen LogP contribution < -0.4 is 0 Å². The van der Waals surface area contributed by atoms with E-state index in [2.05, 4.69) is 27.3 Å². The minimum Gasteiger partial charge on any atom is -0.469 e. The van der Waals surface area contributed by atoms with E-state index in [1.807, 2.05) is 47.9 Å². The molecule has 0 aliphatic rings. The van der Waals surface area contributed by atoms with E-state index in [4.69, 9.17) is 8.94 Å². The van der Waals surface area contributed by atoms with Gasteiger partial charge in [-0.25, -0.2) is 0 Å². The summed E-state index contributed by atoms with van der Waals surface area (Å²) in [5.74, 6) is 3.41. The number of hydrogen-bond acceptors (Lipinski definition) is 7. The molecular weight excluding hydrogens is 362 g/mol. The van der Waals surface area contributed by atoms with Gasteiger partial charge in [0.2, 0.25) is 5.89 Å². The van der Waals surface area contributed by atoms with Gasteiger partial charge >= 0.3 is 0 Å². The highest BCUT2D eigenvalue weighted by molar-refractivity contribution is 7.98. The molecule has 0 aliphatic heterocycles. The zero-order valence-electron chi connectivity index (χ0n) is 15.1. The van der Waals surface area contributed by atoms with Crippen molar-refractivity contribution >= 4 is 11.8 Å². The van der Waals surface area contributed by atoms with Gasteiger partial charge in [0, 0.05) is 12.1 Å². The van der Waals surface area contributed by atoms with Crippen LogP contribution >= 0.6 is 11.8 Å². The standard InChI is InChI=1S/C19H19N5O2S/c1-3-7-16-20-17(26-23-16)12-27-19-22-21-18(15-10-11-25-13(15)2)24(19)14-8-5-4-6-9-14/h4-6,8-11H,3,7,12H2,1-2H3. The van der Waals surface area contributed by atoms with E-state index in [0.717, 1.165) is 46.7 Å². The topological polar surface area (TPSA) is 82.8 Å². The first-order valence-corrected chi connectivity index (χ1v) is 9.74. The highest BCUT2D eigenvalue weighted by atomic mass is 32.2. The van der Waals surface area contributed by atoms with Crippen LogP contribution in [0.25, 0.3) is 17.1 Å². The largest absolute Gasteiger partial charge is 0.469 e. The monoisotopic (exact) mass is 381 g/mol. The molecule has 7 nitrogen and oxygen atoms in total. The number of rotatable bonds is 7. The van der Waals surface area contributed by atoms with Crippen LogP contribution in [0.4, 0.5) is 0 Å². The molecule has 0 saturated heterocycles. The maximum absolute atomic E-state index is 5.45. The maximum Gasteiger partial charge on any atom is 0.237 e. The zero-order valence-corrected chi connectivity index (χ0v) is 15.9. The number of para-hydroxylation sites is 1. The number of thioether (sulfide) groups is 1. The van der Waals surface area contributed by atoms with Crippen molar-refractivity contribution in [2.75, 3.05) is 0 Å². The molecule has 0 atom stereocenters. The first-order valence-electron chi connectivity index (χ1n) is 8.76. The van der Waals surface area contributed by atoms with E-state index in [-0.39, 0.29) is 0 Å². The molecule has 4 aromatic rings. The molecule has 0 aliphatic carbocycles. The summed E-state index contributed by atoms with van der Waals surface area (Å²) >= 11 is 1.51. The van der Waals surface area contributed by atoms with Crippen molar-refractivity contribution in [3.05, 3.63) is 60.1 Å². The molecule has 8 heteroatoms. The van der Waals surface area contributed by atoms with Gasteiger partial charge in [-0.05, 0) is 31.5 Å². The average Bonchev–Trinajstić information content (AvgIpc) is 3.40. The van der Waals surface area contributed by atoms with Crippen LogP contribution in [0, 0.1) is 6.92 Å². The van der Waals surface area contributed by atoms with Gasteiger partial charge in [-0.1, -0.05) is 42.0 Å². The van der Waals surface area contributed by atoms with Crippen LogP contribution in [0.2, 0.25) is 0 Å². The molecular formula is C19H19N5O2S. The summed E-state index contributed by atoms with van der Waals surface area (Å²) in [6.45, 7) is 4.01. The number of aryl methyl sites for hydroxylation is 2. The minimum atomic E-state index is 0.534. The predicted octanol–water partition coefficient (Wildman–Crippen LogP) is 4.46. The van der Waals surface area contributed by atoms with Crippen LogP contribution in [0.3, 0.4) is 0 Å². The first kappa shape index (κ1) is 17.5. The van der Waals surface area contributed by atoms with Gasteiger partial charge in [0.05, 0.1) is 17.6 Å². The maximum atomic E-state index is 5.45. The molecule has 0 amide bonds. The van der Waals surface area contributed by atoms with Crippen LogP contribution in [-0.2, 0) is 12.2 Å². The highest BCUT2D eigenvalue weighted by Crippen LogP contribution is 2.31. The quantitative estimate of drug-likeness (QED) is 0.437. The average molecular weight is 381 g/mol. The van der Waals surface area contributed by atoms with Crippen LogP contribution in [-0.4, -0.2) is 24.9 Å². The minimum absolute atomic E-state index is 0.534. The SMILES string of the molecule is CCCc1noc(CSc2nnc(-c3ccoc3C)n2-c2ccccc2)n1. The number of furan rings is 1. The van der Waals surface area contributed by atoms with E-state index in [9.17, 15) is 0 Å². The Morgan fingerprint density at radius 2 is 1.96 bits per heavy atom. The van der Waals surface area contributed by atoms with Crippen LogP contribution in [0.15, 0.2) is 56.8 Å². The van der Waals surface area contributed by atoms with E-state index >= 15 is 0 Å². The van der Waals surface area contributed by atoms with Crippen molar-refractivity contribution in [2.24, 2.45) is 0 Å². The molecule has 0 bridgehead atoms. The number of hydrogen-bond donors (Lipinski definition) is 0. The lowest BCUT2D eigenvalue weighted by molar-refractivity contribution is 0.384.